The third-order valence-electron chi connectivity index (χ3n) is 5.14. The number of ketones is 1. The smallest absolute Gasteiger partial charge is 0.359 e. The highest BCUT2D eigenvalue weighted by Crippen LogP contribution is 2.28. The molecule has 1 amide bonds. The fraction of sp³-hybridized carbons (Fsp3) is 0.304. The van der Waals surface area contributed by atoms with Gasteiger partial charge in [0.05, 0.1) is 10.6 Å². The summed E-state index contributed by atoms with van der Waals surface area (Å²) in [4.78, 5) is 37.7. The first-order valence-electron chi connectivity index (χ1n) is 10.2. The maximum Gasteiger partial charge on any atom is 0.359 e. The monoisotopic (exact) mass is 437 g/mol. The average molecular weight is 438 g/mol. The van der Waals surface area contributed by atoms with E-state index in [-0.39, 0.29) is 18.3 Å². The summed E-state index contributed by atoms with van der Waals surface area (Å²) in [5.74, 6) is -0.896. The molecule has 1 aliphatic rings. The van der Waals surface area contributed by atoms with Crippen molar-refractivity contribution in [3.8, 4) is 5.69 Å². The van der Waals surface area contributed by atoms with Gasteiger partial charge in [-0.1, -0.05) is 18.2 Å². The quantitative estimate of drug-likeness (QED) is 0.432. The van der Waals surface area contributed by atoms with E-state index in [1.54, 1.807) is 10.7 Å². The van der Waals surface area contributed by atoms with Crippen LogP contribution in [0.4, 0.5) is 0 Å². The number of carbonyl (C=O) groups is 3. The van der Waals surface area contributed by atoms with E-state index in [4.69, 9.17) is 4.74 Å². The Labute approximate surface area is 184 Å². The molecule has 2 aromatic heterocycles. The van der Waals surface area contributed by atoms with Gasteiger partial charge in [0.1, 0.15) is 0 Å². The van der Waals surface area contributed by atoms with Gasteiger partial charge in [-0.2, -0.15) is 5.10 Å². The molecular formula is C23H23N3O4S. The number of amides is 1. The summed E-state index contributed by atoms with van der Waals surface area (Å²) in [6.07, 6.45) is 3.26. The minimum atomic E-state index is -0.566. The van der Waals surface area contributed by atoms with Crippen LogP contribution in [-0.4, -0.2) is 40.6 Å². The number of para-hydroxylation sites is 1. The van der Waals surface area contributed by atoms with E-state index in [9.17, 15) is 14.4 Å². The van der Waals surface area contributed by atoms with E-state index in [0.717, 1.165) is 41.1 Å². The number of benzene rings is 1. The summed E-state index contributed by atoms with van der Waals surface area (Å²) in [6.45, 7) is 1.67. The van der Waals surface area contributed by atoms with Gasteiger partial charge >= 0.3 is 5.97 Å². The topological polar surface area (TPSA) is 90.3 Å². The van der Waals surface area contributed by atoms with Crippen LogP contribution >= 0.6 is 11.3 Å². The van der Waals surface area contributed by atoms with Crippen molar-refractivity contribution in [2.45, 2.75) is 32.6 Å². The van der Waals surface area contributed by atoms with E-state index >= 15 is 0 Å². The minimum Gasteiger partial charge on any atom is -0.452 e. The van der Waals surface area contributed by atoms with Gasteiger partial charge in [0.25, 0.3) is 0 Å². The Balaban J connectivity index is 1.40. The number of esters is 1. The van der Waals surface area contributed by atoms with Gasteiger partial charge in [0.2, 0.25) is 11.7 Å². The molecule has 1 aromatic carbocycles. The first kappa shape index (κ1) is 21.0. The Hall–Kier alpha value is -3.26. The SMILES string of the molecule is CC(=O)NCCc1ccc(C(=O)COC(=O)c2nn(-c3ccccc3)c3c2CCC3)s1. The number of rotatable bonds is 8. The molecule has 160 valence electrons. The summed E-state index contributed by atoms with van der Waals surface area (Å²) in [7, 11) is 0. The van der Waals surface area contributed by atoms with Crippen LogP contribution in [0.5, 0.6) is 0 Å². The molecule has 0 fully saturated rings. The van der Waals surface area contributed by atoms with Crippen molar-refractivity contribution in [1.82, 2.24) is 15.1 Å². The maximum atomic E-state index is 12.7. The van der Waals surface area contributed by atoms with Gasteiger partial charge in [-0.3, -0.25) is 9.59 Å². The summed E-state index contributed by atoms with van der Waals surface area (Å²) in [5, 5.41) is 7.23. The summed E-state index contributed by atoms with van der Waals surface area (Å²) in [5.41, 5.74) is 3.15. The third-order valence-corrected chi connectivity index (χ3v) is 6.33. The standard InChI is InChI=1S/C23H23N3O4S/c1-15(27)24-13-12-17-10-11-21(31-17)20(28)14-30-23(29)22-18-8-5-9-19(18)26(25-22)16-6-3-2-4-7-16/h2-4,6-7,10-11H,5,8-9,12-14H2,1H3,(H,24,27). The number of nitrogens with one attached hydrogen (secondary N) is 1. The Bertz CT molecular complexity index is 1120. The molecule has 0 saturated heterocycles. The molecule has 3 aromatic rings. The van der Waals surface area contributed by atoms with Crippen LogP contribution in [0.1, 0.15) is 49.6 Å². The van der Waals surface area contributed by atoms with Crippen LogP contribution in [0.25, 0.3) is 5.69 Å². The molecule has 1 aliphatic carbocycles. The molecule has 0 unspecified atom stereocenters. The van der Waals surface area contributed by atoms with Gasteiger partial charge in [-0.05, 0) is 49.9 Å². The molecule has 0 bridgehead atoms. The zero-order valence-corrected chi connectivity index (χ0v) is 18.0. The fourth-order valence-electron chi connectivity index (χ4n) is 3.68. The minimum absolute atomic E-state index is 0.0824. The lowest BCUT2D eigenvalue weighted by atomic mass is 10.2. The third kappa shape index (κ3) is 4.74. The highest BCUT2D eigenvalue weighted by Gasteiger charge is 2.28. The molecule has 1 N–H and O–H groups in total. The lowest BCUT2D eigenvalue weighted by Gasteiger charge is -2.04. The normalized spacial score (nSPS) is 12.4. The van der Waals surface area contributed by atoms with Gasteiger partial charge in [0, 0.05) is 29.6 Å². The fourth-order valence-corrected chi connectivity index (χ4v) is 4.61. The number of ether oxygens (including phenoxy) is 1. The van der Waals surface area contributed by atoms with E-state index < -0.39 is 5.97 Å². The lowest BCUT2D eigenvalue weighted by molar-refractivity contribution is -0.118. The van der Waals surface area contributed by atoms with Crippen molar-refractivity contribution in [3.05, 3.63) is 69.2 Å². The maximum absolute atomic E-state index is 12.7. The molecule has 2 heterocycles. The first-order valence-corrected chi connectivity index (χ1v) is 11.0. The van der Waals surface area contributed by atoms with E-state index in [1.165, 1.54) is 18.3 Å². The number of fused-ring (bicyclic) bond motifs is 1. The highest BCUT2D eigenvalue weighted by atomic mass is 32.1. The number of hydrogen-bond donors (Lipinski definition) is 1. The van der Waals surface area contributed by atoms with Gasteiger partial charge in [-0.15, -0.1) is 11.3 Å². The van der Waals surface area contributed by atoms with E-state index in [0.29, 0.717) is 23.5 Å². The zero-order chi connectivity index (χ0) is 21.8. The van der Waals surface area contributed by atoms with Gasteiger partial charge in [0.15, 0.2) is 12.3 Å². The van der Waals surface area contributed by atoms with Crippen molar-refractivity contribution in [3.63, 3.8) is 0 Å². The summed E-state index contributed by atoms with van der Waals surface area (Å²) >= 11 is 1.35. The Morgan fingerprint density at radius 2 is 1.94 bits per heavy atom. The second-order valence-corrected chi connectivity index (χ2v) is 8.54. The Morgan fingerprint density at radius 3 is 2.71 bits per heavy atom. The van der Waals surface area contributed by atoms with Crippen LogP contribution in [0.15, 0.2) is 42.5 Å². The van der Waals surface area contributed by atoms with Crippen LogP contribution < -0.4 is 5.32 Å². The highest BCUT2D eigenvalue weighted by molar-refractivity contribution is 7.14. The zero-order valence-electron chi connectivity index (χ0n) is 17.2. The molecule has 31 heavy (non-hydrogen) atoms. The largest absolute Gasteiger partial charge is 0.452 e. The predicted octanol–water partition coefficient (Wildman–Crippen LogP) is 3.14. The number of carbonyl (C=O) groups excluding carboxylic acids is 3. The molecule has 0 spiro atoms. The molecule has 8 heteroatoms. The van der Waals surface area contributed by atoms with Crippen LogP contribution in [0, 0.1) is 0 Å². The lowest BCUT2D eigenvalue weighted by Crippen LogP contribution is -2.22. The van der Waals surface area contributed by atoms with Crippen LogP contribution in [0.3, 0.4) is 0 Å². The van der Waals surface area contributed by atoms with E-state index in [2.05, 4.69) is 10.4 Å². The van der Waals surface area contributed by atoms with Crippen molar-refractivity contribution in [2.75, 3.05) is 13.2 Å². The second kappa shape index (κ2) is 9.26. The van der Waals surface area contributed by atoms with Crippen LogP contribution in [-0.2, 0) is 28.8 Å². The average Bonchev–Trinajstić information content (AvgIpc) is 3.49. The molecular weight excluding hydrogens is 414 g/mol. The van der Waals surface area contributed by atoms with Crippen molar-refractivity contribution < 1.29 is 19.1 Å². The first-order chi connectivity index (χ1) is 15.0. The number of aromatic nitrogens is 2. The van der Waals surface area contributed by atoms with Crippen LogP contribution in [0.2, 0.25) is 0 Å². The predicted molar refractivity (Wildman–Crippen MR) is 117 cm³/mol. The van der Waals surface area contributed by atoms with Gasteiger partial charge < -0.3 is 10.1 Å². The molecule has 7 nitrogen and oxygen atoms in total. The number of hydrogen-bond acceptors (Lipinski definition) is 6. The van der Waals surface area contributed by atoms with Gasteiger partial charge in [-0.25, -0.2) is 9.48 Å². The van der Waals surface area contributed by atoms with E-state index in [1.807, 2.05) is 36.4 Å². The van der Waals surface area contributed by atoms with Crippen molar-refractivity contribution in [2.24, 2.45) is 0 Å². The molecule has 0 aliphatic heterocycles. The molecule has 4 rings (SSSR count). The van der Waals surface area contributed by atoms with Crippen molar-refractivity contribution >= 4 is 29.0 Å². The molecule has 0 radical (unpaired) electrons. The summed E-state index contributed by atoms with van der Waals surface area (Å²) < 4.78 is 7.13. The second-order valence-electron chi connectivity index (χ2n) is 7.37. The Kier molecular flexibility index (Phi) is 6.27. The summed E-state index contributed by atoms with van der Waals surface area (Å²) in [6, 6.07) is 13.3. The Morgan fingerprint density at radius 1 is 1.13 bits per heavy atom. The molecule has 0 atom stereocenters. The number of thiophene rings is 1. The van der Waals surface area contributed by atoms with Crippen molar-refractivity contribution in [1.29, 1.82) is 0 Å². The number of nitrogens with zero attached hydrogens (tertiary/aromatic N) is 2. The number of Topliss-reactive ketones (excluding diaryl/α,β-unsaturated/α-hetero) is 1. The molecule has 0 saturated carbocycles.